The van der Waals surface area contributed by atoms with Gasteiger partial charge in [0.05, 0.1) is 18.7 Å². The van der Waals surface area contributed by atoms with E-state index >= 15 is 0 Å². The van der Waals surface area contributed by atoms with Crippen LogP contribution in [0, 0.1) is 6.92 Å². The lowest BCUT2D eigenvalue weighted by molar-refractivity contribution is -0.0537. The van der Waals surface area contributed by atoms with Gasteiger partial charge < -0.3 is 23.9 Å². The Labute approximate surface area is 218 Å². The van der Waals surface area contributed by atoms with Crippen LogP contribution in [0.15, 0.2) is 48.8 Å². The van der Waals surface area contributed by atoms with Gasteiger partial charge in [-0.05, 0) is 55.2 Å². The quantitative estimate of drug-likeness (QED) is 0.393. The fourth-order valence-corrected chi connectivity index (χ4v) is 4.68. The summed E-state index contributed by atoms with van der Waals surface area (Å²) in [6, 6.07) is 11.8. The summed E-state index contributed by atoms with van der Waals surface area (Å²) < 4.78 is 19.6. The van der Waals surface area contributed by atoms with Crippen molar-refractivity contribution in [2.24, 2.45) is 0 Å². The Bertz CT molecular complexity index is 1140. The lowest BCUT2D eigenvalue weighted by Gasteiger charge is -2.38. The second-order valence-electron chi connectivity index (χ2n) is 9.45. The van der Waals surface area contributed by atoms with Crippen molar-refractivity contribution in [1.29, 1.82) is 0 Å². The molecule has 2 aromatic carbocycles. The van der Waals surface area contributed by atoms with Gasteiger partial charge >= 0.3 is 0 Å². The molecule has 8 heteroatoms. The zero-order valence-corrected chi connectivity index (χ0v) is 22.1. The fraction of sp³-hybridized carbons (Fsp3) is 0.464. The van der Waals surface area contributed by atoms with Crippen molar-refractivity contribution in [3.8, 4) is 17.2 Å². The van der Waals surface area contributed by atoms with E-state index < -0.39 is 5.60 Å². The number of aryl methyl sites for hydroxylation is 2. The Morgan fingerprint density at radius 3 is 2.61 bits per heavy atom. The van der Waals surface area contributed by atoms with Gasteiger partial charge in [0.15, 0.2) is 11.5 Å². The van der Waals surface area contributed by atoms with E-state index in [0.29, 0.717) is 30.2 Å². The third-order valence-corrected chi connectivity index (χ3v) is 7.02. The van der Waals surface area contributed by atoms with Crippen LogP contribution in [0.4, 0.5) is 0 Å². The monoisotopic (exact) mass is 513 g/mol. The summed E-state index contributed by atoms with van der Waals surface area (Å²) >= 11 is 6.24. The molecule has 2 heterocycles. The van der Waals surface area contributed by atoms with Crippen LogP contribution in [0.25, 0.3) is 0 Å². The van der Waals surface area contributed by atoms with Crippen LogP contribution in [0.3, 0.4) is 0 Å². The molecule has 4 rings (SSSR count). The number of imidazole rings is 1. The molecule has 0 radical (unpaired) electrons. The highest BCUT2D eigenvalue weighted by Crippen LogP contribution is 2.31. The maximum Gasteiger partial charge on any atom is 0.161 e. The number of likely N-dealkylation sites (tertiary alicyclic amines) is 1. The molecule has 0 spiro atoms. The van der Waals surface area contributed by atoms with E-state index in [2.05, 4.69) is 33.5 Å². The van der Waals surface area contributed by atoms with Crippen LogP contribution in [0.2, 0.25) is 5.02 Å². The molecule has 1 N–H and O–H groups in total. The first kappa shape index (κ1) is 26.3. The lowest BCUT2D eigenvalue weighted by Crippen LogP contribution is -2.47. The minimum absolute atomic E-state index is 0.237. The first-order valence-electron chi connectivity index (χ1n) is 12.5. The second-order valence-corrected chi connectivity index (χ2v) is 9.85. The summed E-state index contributed by atoms with van der Waals surface area (Å²) in [4.78, 5) is 6.71. The average Bonchev–Trinajstić information content (AvgIpc) is 3.34. The number of piperidine rings is 1. The minimum Gasteiger partial charge on any atom is -0.493 e. The number of nitrogens with zero attached hydrogens (tertiary/aromatic N) is 3. The van der Waals surface area contributed by atoms with Crippen LogP contribution in [0.5, 0.6) is 17.2 Å². The molecule has 0 atom stereocenters. The smallest absolute Gasteiger partial charge is 0.161 e. The van der Waals surface area contributed by atoms with E-state index in [1.54, 1.807) is 7.11 Å². The summed E-state index contributed by atoms with van der Waals surface area (Å²) in [6.45, 7) is 7.94. The molecule has 0 unspecified atom stereocenters. The van der Waals surface area contributed by atoms with Crippen LogP contribution < -0.4 is 14.2 Å². The Balaban J connectivity index is 1.29. The van der Waals surface area contributed by atoms with Crippen LogP contribution in [-0.2, 0) is 19.5 Å². The van der Waals surface area contributed by atoms with Crippen molar-refractivity contribution in [1.82, 2.24) is 14.5 Å². The Morgan fingerprint density at radius 2 is 1.86 bits per heavy atom. The Hall–Kier alpha value is -2.74. The molecule has 1 aromatic heterocycles. The van der Waals surface area contributed by atoms with E-state index in [0.717, 1.165) is 61.1 Å². The molecular formula is C28H36ClN3O4. The topological polar surface area (TPSA) is 69.0 Å². The van der Waals surface area contributed by atoms with Crippen molar-refractivity contribution in [3.63, 3.8) is 0 Å². The zero-order chi connectivity index (χ0) is 25.5. The largest absolute Gasteiger partial charge is 0.493 e. The maximum absolute atomic E-state index is 11.1. The number of benzene rings is 2. The first-order chi connectivity index (χ1) is 17.4. The average molecular weight is 514 g/mol. The molecular weight excluding hydrogens is 478 g/mol. The number of hydrogen-bond acceptors (Lipinski definition) is 6. The highest BCUT2D eigenvalue weighted by atomic mass is 35.5. The molecule has 7 nitrogen and oxygen atoms in total. The van der Waals surface area contributed by atoms with Gasteiger partial charge in [-0.1, -0.05) is 30.7 Å². The van der Waals surface area contributed by atoms with Crippen LogP contribution in [-0.4, -0.2) is 58.6 Å². The summed E-state index contributed by atoms with van der Waals surface area (Å²) in [5.41, 5.74) is 1.37. The van der Waals surface area contributed by atoms with E-state index in [1.165, 1.54) is 0 Å². The zero-order valence-electron chi connectivity index (χ0n) is 21.4. The van der Waals surface area contributed by atoms with Gasteiger partial charge in [-0.3, -0.25) is 4.90 Å². The number of methoxy groups -OCH3 is 1. The maximum atomic E-state index is 11.1. The predicted molar refractivity (Wildman–Crippen MR) is 141 cm³/mol. The molecule has 36 heavy (non-hydrogen) atoms. The molecule has 1 aliphatic heterocycles. The van der Waals surface area contributed by atoms with Crippen LogP contribution in [0.1, 0.15) is 36.7 Å². The van der Waals surface area contributed by atoms with Gasteiger partial charge in [0.2, 0.25) is 0 Å². The third-order valence-electron chi connectivity index (χ3n) is 6.71. The van der Waals surface area contributed by atoms with Crippen molar-refractivity contribution in [2.75, 3.05) is 33.4 Å². The summed E-state index contributed by atoms with van der Waals surface area (Å²) in [5.74, 6) is 3.14. The predicted octanol–water partition coefficient (Wildman–Crippen LogP) is 4.90. The SMILES string of the molecule is CCc1nccn1CCOc1cc(CN2CCC(O)(COc3cc(C)ccc3Cl)CC2)ccc1OC. The van der Waals surface area contributed by atoms with Crippen molar-refractivity contribution in [3.05, 3.63) is 70.8 Å². The highest BCUT2D eigenvalue weighted by molar-refractivity contribution is 6.32. The van der Waals surface area contributed by atoms with Crippen molar-refractivity contribution < 1.29 is 19.3 Å². The number of halogens is 1. The van der Waals surface area contributed by atoms with E-state index in [1.807, 2.05) is 43.6 Å². The molecule has 0 saturated carbocycles. The normalized spacial score (nSPS) is 15.6. The van der Waals surface area contributed by atoms with Gasteiger partial charge in [-0.15, -0.1) is 0 Å². The molecule has 1 aliphatic rings. The number of aliphatic hydroxyl groups is 1. The standard InChI is InChI=1S/C28H36ClN3O4/c1-4-27-30-11-14-32(27)15-16-35-26-18-22(6-8-24(26)34-3)19-31-12-9-28(33,10-13-31)20-36-25-17-21(2)5-7-23(25)29/h5-8,11,14,17-18,33H,4,9-10,12-13,15-16,19-20H2,1-3H3. The van der Waals surface area contributed by atoms with Gasteiger partial charge in [0.1, 0.15) is 30.4 Å². The minimum atomic E-state index is -0.859. The molecule has 0 aliphatic carbocycles. The number of aromatic nitrogens is 2. The number of hydrogen-bond donors (Lipinski definition) is 1. The summed E-state index contributed by atoms with van der Waals surface area (Å²) in [7, 11) is 1.66. The van der Waals surface area contributed by atoms with E-state index in [9.17, 15) is 5.11 Å². The Kier molecular flexibility index (Phi) is 8.77. The van der Waals surface area contributed by atoms with Crippen molar-refractivity contribution in [2.45, 2.75) is 51.8 Å². The molecule has 194 valence electrons. The fourth-order valence-electron chi connectivity index (χ4n) is 4.51. The second kappa shape index (κ2) is 12.0. The molecule has 0 amide bonds. The molecule has 3 aromatic rings. The van der Waals surface area contributed by atoms with E-state index in [4.69, 9.17) is 25.8 Å². The number of rotatable bonds is 11. The highest BCUT2D eigenvalue weighted by Gasteiger charge is 2.33. The molecule has 0 bridgehead atoms. The number of ether oxygens (including phenoxy) is 3. The first-order valence-corrected chi connectivity index (χ1v) is 12.9. The van der Waals surface area contributed by atoms with E-state index in [-0.39, 0.29) is 6.61 Å². The van der Waals surface area contributed by atoms with Crippen molar-refractivity contribution >= 4 is 11.6 Å². The lowest BCUT2D eigenvalue weighted by atomic mass is 9.92. The third kappa shape index (κ3) is 6.72. The Morgan fingerprint density at radius 1 is 1.06 bits per heavy atom. The summed E-state index contributed by atoms with van der Waals surface area (Å²) in [6.07, 6.45) is 5.97. The molecule has 1 fully saturated rings. The molecule has 1 saturated heterocycles. The van der Waals surface area contributed by atoms with Crippen LogP contribution >= 0.6 is 11.6 Å². The summed E-state index contributed by atoms with van der Waals surface area (Å²) in [5, 5.41) is 11.6. The van der Waals surface area contributed by atoms with Gasteiger partial charge in [0, 0.05) is 38.4 Å². The van der Waals surface area contributed by atoms with Gasteiger partial charge in [-0.2, -0.15) is 0 Å². The van der Waals surface area contributed by atoms with Gasteiger partial charge in [0.25, 0.3) is 0 Å². The van der Waals surface area contributed by atoms with Gasteiger partial charge in [-0.25, -0.2) is 4.98 Å².